The number of aryl methyl sites for hydroxylation is 1. The van der Waals surface area contributed by atoms with Gasteiger partial charge in [0.2, 0.25) is 11.6 Å². The predicted molar refractivity (Wildman–Crippen MR) is 84.6 cm³/mol. The van der Waals surface area contributed by atoms with Gasteiger partial charge in [-0.1, -0.05) is 11.6 Å². The predicted octanol–water partition coefficient (Wildman–Crippen LogP) is 4.14. The molecular weight excluding hydrogens is 381 g/mol. The van der Waals surface area contributed by atoms with E-state index in [1.54, 1.807) is 6.92 Å². The van der Waals surface area contributed by atoms with Crippen LogP contribution in [0.2, 0.25) is 5.02 Å². The smallest absolute Gasteiger partial charge is 0.416 e. The maximum absolute atomic E-state index is 12.8. The Morgan fingerprint density at radius 1 is 1.42 bits per heavy atom. The lowest BCUT2D eigenvalue weighted by atomic mass is 10.2. The van der Waals surface area contributed by atoms with E-state index < -0.39 is 39.2 Å². The number of nitrogens with zero attached hydrogens (tertiary/aromatic N) is 3. The van der Waals surface area contributed by atoms with Gasteiger partial charge in [-0.15, -0.1) is 5.10 Å². The summed E-state index contributed by atoms with van der Waals surface area (Å²) in [5, 5.41) is 16.8. The van der Waals surface area contributed by atoms with Gasteiger partial charge in [0.15, 0.2) is 0 Å². The molecule has 0 aliphatic rings. The molecule has 0 spiro atoms. The third kappa shape index (κ3) is 4.04. The first-order valence-electron chi connectivity index (χ1n) is 7.12. The van der Waals surface area contributed by atoms with E-state index in [0.29, 0.717) is 24.4 Å². The number of nitrogens with one attached hydrogen (secondary N) is 1. The van der Waals surface area contributed by atoms with Gasteiger partial charge in [0.1, 0.15) is 0 Å². The van der Waals surface area contributed by atoms with Crippen molar-refractivity contribution in [2.75, 3.05) is 6.54 Å². The first-order valence-corrected chi connectivity index (χ1v) is 7.50. The molecule has 0 aliphatic heterocycles. The van der Waals surface area contributed by atoms with Crippen LogP contribution in [-0.2, 0) is 6.18 Å². The number of benzene rings is 1. The van der Waals surface area contributed by atoms with Gasteiger partial charge in [-0.2, -0.15) is 17.9 Å². The van der Waals surface area contributed by atoms with Crippen LogP contribution in [-0.4, -0.2) is 27.3 Å². The van der Waals surface area contributed by atoms with Crippen LogP contribution in [0.1, 0.15) is 18.2 Å². The van der Waals surface area contributed by atoms with Crippen molar-refractivity contribution in [3.05, 3.63) is 44.6 Å². The number of carbonyl (C=O) groups is 1. The van der Waals surface area contributed by atoms with Crippen LogP contribution < -0.4 is 10.1 Å². The Labute approximate surface area is 149 Å². The molecule has 0 radical (unpaired) electrons. The molecular formula is C14H12ClF3N4O4. The van der Waals surface area contributed by atoms with E-state index in [1.165, 1.54) is 13.0 Å². The third-order valence-corrected chi connectivity index (χ3v) is 3.42. The first kappa shape index (κ1) is 19.5. The first-order chi connectivity index (χ1) is 12.0. The summed E-state index contributed by atoms with van der Waals surface area (Å²) < 4.78 is 44.6. The number of hydrogen-bond acceptors (Lipinski definition) is 5. The highest BCUT2D eigenvalue weighted by atomic mass is 35.5. The van der Waals surface area contributed by atoms with E-state index in [1.807, 2.05) is 0 Å². The number of ether oxygens (including phenoxy) is 1. The minimum Gasteiger partial charge on any atom is -0.429 e. The topological polar surface area (TPSA) is 99.3 Å². The monoisotopic (exact) mass is 392 g/mol. The highest BCUT2D eigenvalue weighted by Crippen LogP contribution is 2.42. The Balaban J connectivity index is 2.45. The molecule has 1 amide bonds. The maximum Gasteiger partial charge on any atom is 0.416 e. The summed E-state index contributed by atoms with van der Waals surface area (Å²) in [6, 6.07) is 1.55. The second kappa shape index (κ2) is 7.20. The summed E-state index contributed by atoms with van der Waals surface area (Å²) in [6.45, 7) is 3.56. The molecule has 0 atom stereocenters. The fraction of sp³-hybridized carbons (Fsp3) is 0.286. The number of halogens is 4. The normalized spacial score (nSPS) is 11.3. The van der Waals surface area contributed by atoms with Crippen molar-refractivity contribution in [1.29, 1.82) is 0 Å². The summed E-state index contributed by atoms with van der Waals surface area (Å²) in [7, 11) is 0. The van der Waals surface area contributed by atoms with Crippen LogP contribution >= 0.6 is 11.6 Å². The standard InChI is InChI=1S/C14H12ClF3N4O4/c1-3-19-13(23)21-7(2)4-11(20-21)26-12-9(15)5-8(14(16,17)18)6-10(12)22(24)25/h4-6H,3H2,1-2H3,(H,19,23). The van der Waals surface area contributed by atoms with Crippen molar-refractivity contribution in [3.63, 3.8) is 0 Å². The van der Waals surface area contributed by atoms with Crippen molar-refractivity contribution in [3.8, 4) is 11.6 Å². The summed E-state index contributed by atoms with van der Waals surface area (Å²) in [4.78, 5) is 21.9. The van der Waals surface area contributed by atoms with Gasteiger partial charge < -0.3 is 10.1 Å². The van der Waals surface area contributed by atoms with E-state index in [0.717, 1.165) is 4.68 Å². The van der Waals surface area contributed by atoms with E-state index >= 15 is 0 Å². The van der Waals surface area contributed by atoms with Crippen molar-refractivity contribution < 1.29 is 27.6 Å². The quantitative estimate of drug-likeness (QED) is 0.622. The zero-order valence-corrected chi connectivity index (χ0v) is 14.2. The molecule has 1 N–H and O–H groups in total. The van der Waals surface area contributed by atoms with E-state index in [9.17, 15) is 28.1 Å². The average Bonchev–Trinajstić information content (AvgIpc) is 2.88. The number of amides is 1. The summed E-state index contributed by atoms with van der Waals surface area (Å²) in [6.07, 6.45) is -4.82. The average molecular weight is 393 g/mol. The van der Waals surface area contributed by atoms with Gasteiger partial charge >= 0.3 is 17.9 Å². The molecule has 0 aliphatic carbocycles. The third-order valence-electron chi connectivity index (χ3n) is 3.14. The Morgan fingerprint density at radius 3 is 2.62 bits per heavy atom. The molecule has 0 saturated heterocycles. The highest BCUT2D eigenvalue weighted by Gasteiger charge is 2.35. The van der Waals surface area contributed by atoms with Crippen LogP contribution in [0.25, 0.3) is 0 Å². The van der Waals surface area contributed by atoms with Crippen LogP contribution in [0.5, 0.6) is 11.6 Å². The number of nitro benzene ring substituents is 1. The molecule has 12 heteroatoms. The van der Waals surface area contributed by atoms with Crippen LogP contribution in [0.15, 0.2) is 18.2 Å². The molecule has 0 saturated carbocycles. The zero-order chi connectivity index (χ0) is 19.6. The SMILES string of the molecule is CCNC(=O)n1nc(Oc2c(Cl)cc(C(F)(F)F)cc2[N+](=O)[O-])cc1C. The lowest BCUT2D eigenvalue weighted by Crippen LogP contribution is -2.29. The Hall–Kier alpha value is -2.82. The lowest BCUT2D eigenvalue weighted by molar-refractivity contribution is -0.385. The van der Waals surface area contributed by atoms with Gasteiger partial charge in [0.05, 0.1) is 21.2 Å². The van der Waals surface area contributed by atoms with Crippen LogP contribution in [0.4, 0.5) is 23.7 Å². The van der Waals surface area contributed by atoms with E-state index in [4.69, 9.17) is 16.3 Å². The van der Waals surface area contributed by atoms with Crippen molar-refractivity contribution >= 4 is 23.3 Å². The molecule has 8 nitrogen and oxygen atoms in total. The van der Waals surface area contributed by atoms with E-state index in [-0.39, 0.29) is 5.88 Å². The van der Waals surface area contributed by atoms with Crippen LogP contribution in [0.3, 0.4) is 0 Å². The molecule has 0 fully saturated rings. The number of hydrogen-bond donors (Lipinski definition) is 1. The largest absolute Gasteiger partial charge is 0.429 e. The fourth-order valence-corrected chi connectivity index (χ4v) is 2.26. The minimum absolute atomic E-state index is 0.237. The molecule has 1 aromatic carbocycles. The second-order valence-electron chi connectivity index (χ2n) is 5.03. The number of carbonyl (C=O) groups excluding carboxylic acids is 1. The number of alkyl halides is 3. The Morgan fingerprint density at radius 2 is 2.08 bits per heavy atom. The highest BCUT2D eigenvalue weighted by molar-refractivity contribution is 6.32. The van der Waals surface area contributed by atoms with Crippen molar-refractivity contribution in [1.82, 2.24) is 15.1 Å². The van der Waals surface area contributed by atoms with Gasteiger partial charge in [-0.25, -0.2) is 4.79 Å². The zero-order valence-electron chi connectivity index (χ0n) is 13.4. The minimum atomic E-state index is -4.82. The van der Waals surface area contributed by atoms with Gasteiger partial charge in [-0.05, 0) is 19.9 Å². The van der Waals surface area contributed by atoms with E-state index in [2.05, 4.69) is 10.4 Å². The summed E-state index contributed by atoms with van der Waals surface area (Å²) >= 11 is 5.75. The van der Waals surface area contributed by atoms with Gasteiger partial charge in [0, 0.05) is 18.7 Å². The molecule has 2 rings (SSSR count). The lowest BCUT2D eigenvalue weighted by Gasteiger charge is -2.10. The molecule has 1 aromatic heterocycles. The number of aromatic nitrogens is 2. The molecule has 1 heterocycles. The maximum atomic E-state index is 12.8. The molecule has 0 unspecified atom stereocenters. The number of nitro groups is 1. The summed E-state index contributed by atoms with van der Waals surface area (Å²) in [5.41, 5.74) is -1.92. The molecule has 0 bridgehead atoms. The van der Waals surface area contributed by atoms with Gasteiger partial charge in [0.25, 0.3) is 0 Å². The van der Waals surface area contributed by atoms with Crippen molar-refractivity contribution in [2.45, 2.75) is 20.0 Å². The molecule has 26 heavy (non-hydrogen) atoms. The number of rotatable bonds is 4. The Kier molecular flexibility index (Phi) is 5.40. The van der Waals surface area contributed by atoms with Crippen LogP contribution in [0, 0.1) is 17.0 Å². The fourth-order valence-electron chi connectivity index (χ4n) is 2.01. The second-order valence-corrected chi connectivity index (χ2v) is 5.44. The molecule has 140 valence electrons. The van der Waals surface area contributed by atoms with Crippen molar-refractivity contribution in [2.24, 2.45) is 0 Å². The summed E-state index contributed by atoms with van der Waals surface area (Å²) in [5.74, 6) is -0.844. The Bertz CT molecular complexity index is 867. The van der Waals surface area contributed by atoms with Gasteiger partial charge in [-0.3, -0.25) is 10.1 Å². The molecule has 2 aromatic rings.